The number of hydrogen-bond donors (Lipinski definition) is 1. The molecule has 4 heteroatoms. The van der Waals surface area contributed by atoms with Gasteiger partial charge in [-0.15, -0.1) is 0 Å². The molecular weight excluding hydrogens is 229 g/mol. The van der Waals surface area contributed by atoms with Crippen LogP contribution in [0.1, 0.15) is 28.7 Å². The molecule has 0 radical (unpaired) electrons. The molecule has 1 unspecified atom stereocenters. The normalized spacial score (nSPS) is 12.4. The maximum atomic E-state index is 13.1. The Bertz CT molecular complexity index is 554. The maximum absolute atomic E-state index is 13.1. The minimum absolute atomic E-state index is 0.0488. The fraction of sp³-hybridized carbons (Fsp3) is 0.286. The van der Waals surface area contributed by atoms with Gasteiger partial charge in [0.15, 0.2) is 0 Å². The lowest BCUT2D eigenvalue weighted by Crippen LogP contribution is -2.20. The van der Waals surface area contributed by atoms with Gasteiger partial charge in [-0.25, -0.2) is 14.4 Å². The molecule has 0 aliphatic heterocycles. The third kappa shape index (κ3) is 2.54. The summed E-state index contributed by atoms with van der Waals surface area (Å²) in [6.45, 7) is 3.75. The molecule has 3 nitrogen and oxygen atoms in total. The first-order chi connectivity index (χ1) is 8.61. The van der Waals surface area contributed by atoms with E-state index >= 15 is 0 Å². The van der Waals surface area contributed by atoms with Gasteiger partial charge in [-0.05, 0) is 50.2 Å². The molecule has 1 aromatic heterocycles. The van der Waals surface area contributed by atoms with Crippen LogP contribution in [0.5, 0.6) is 0 Å². The van der Waals surface area contributed by atoms with E-state index in [4.69, 9.17) is 0 Å². The predicted molar refractivity (Wildman–Crippen MR) is 68.8 cm³/mol. The second kappa shape index (κ2) is 5.23. The molecule has 18 heavy (non-hydrogen) atoms. The Morgan fingerprint density at radius 2 is 2.00 bits per heavy atom. The van der Waals surface area contributed by atoms with Crippen molar-refractivity contribution in [3.05, 3.63) is 58.9 Å². The summed E-state index contributed by atoms with van der Waals surface area (Å²) in [4.78, 5) is 8.50. The Morgan fingerprint density at radius 3 is 2.61 bits per heavy atom. The maximum Gasteiger partial charge on any atom is 0.125 e. The van der Waals surface area contributed by atoms with E-state index in [9.17, 15) is 4.39 Å². The molecule has 2 aromatic rings. The number of halogens is 1. The molecule has 0 bridgehead atoms. The predicted octanol–water partition coefficient (Wildman–Crippen LogP) is 2.54. The fourth-order valence-corrected chi connectivity index (χ4v) is 2.06. The summed E-state index contributed by atoms with van der Waals surface area (Å²) < 4.78 is 13.1. The van der Waals surface area contributed by atoms with Gasteiger partial charge in [-0.1, -0.05) is 6.07 Å². The van der Waals surface area contributed by atoms with Crippen LogP contribution in [0.4, 0.5) is 4.39 Å². The second-order valence-corrected chi connectivity index (χ2v) is 4.25. The van der Waals surface area contributed by atoms with Crippen LogP contribution in [0.25, 0.3) is 0 Å². The van der Waals surface area contributed by atoms with Gasteiger partial charge in [0.25, 0.3) is 0 Å². The van der Waals surface area contributed by atoms with Crippen LogP contribution in [0.3, 0.4) is 0 Å². The van der Waals surface area contributed by atoms with Crippen molar-refractivity contribution in [3.63, 3.8) is 0 Å². The summed E-state index contributed by atoms with van der Waals surface area (Å²) in [5, 5.41) is 3.21. The average Bonchev–Trinajstić information content (AvgIpc) is 2.33. The molecule has 2 rings (SSSR count). The molecule has 0 saturated carbocycles. The van der Waals surface area contributed by atoms with E-state index in [1.807, 2.05) is 27.0 Å². The van der Waals surface area contributed by atoms with Crippen LogP contribution in [-0.4, -0.2) is 17.0 Å². The van der Waals surface area contributed by atoms with E-state index in [0.717, 1.165) is 22.6 Å². The van der Waals surface area contributed by atoms with E-state index in [0.29, 0.717) is 0 Å². The van der Waals surface area contributed by atoms with Gasteiger partial charge in [0.1, 0.15) is 11.6 Å². The summed E-state index contributed by atoms with van der Waals surface area (Å²) in [6, 6.07) is 6.63. The van der Waals surface area contributed by atoms with Gasteiger partial charge < -0.3 is 5.32 Å². The molecule has 1 aromatic carbocycles. The average molecular weight is 245 g/mol. The zero-order valence-electron chi connectivity index (χ0n) is 10.7. The number of nitrogens with zero attached hydrogens (tertiary/aromatic N) is 2. The van der Waals surface area contributed by atoms with Crippen LogP contribution in [0, 0.1) is 19.7 Å². The fourth-order valence-electron chi connectivity index (χ4n) is 2.06. The number of rotatable bonds is 3. The van der Waals surface area contributed by atoms with Gasteiger partial charge in [-0.3, -0.25) is 0 Å². The summed E-state index contributed by atoms with van der Waals surface area (Å²) in [5.41, 5.74) is 2.82. The zero-order valence-corrected chi connectivity index (χ0v) is 10.7. The monoisotopic (exact) mass is 245 g/mol. The van der Waals surface area contributed by atoms with Gasteiger partial charge in [0.2, 0.25) is 0 Å². The van der Waals surface area contributed by atoms with E-state index in [1.54, 1.807) is 12.3 Å². The van der Waals surface area contributed by atoms with E-state index in [-0.39, 0.29) is 11.9 Å². The summed E-state index contributed by atoms with van der Waals surface area (Å²) in [5.74, 6) is 0.512. The Balaban J connectivity index is 2.45. The topological polar surface area (TPSA) is 37.8 Å². The lowest BCUT2D eigenvalue weighted by molar-refractivity contribution is 0.618. The Hall–Kier alpha value is -1.81. The molecule has 0 amide bonds. The highest BCUT2D eigenvalue weighted by atomic mass is 19.1. The number of aryl methyl sites for hydroxylation is 2. The highest BCUT2D eigenvalue weighted by molar-refractivity contribution is 5.34. The quantitative estimate of drug-likeness (QED) is 0.903. The molecule has 94 valence electrons. The van der Waals surface area contributed by atoms with Crippen LogP contribution < -0.4 is 5.32 Å². The molecule has 0 aliphatic rings. The van der Waals surface area contributed by atoms with Crippen molar-refractivity contribution in [1.82, 2.24) is 15.3 Å². The molecule has 0 spiro atoms. The van der Waals surface area contributed by atoms with E-state index < -0.39 is 0 Å². The van der Waals surface area contributed by atoms with E-state index in [1.165, 1.54) is 12.1 Å². The van der Waals surface area contributed by atoms with Crippen molar-refractivity contribution in [3.8, 4) is 0 Å². The standard InChI is InChI=1S/C14H16FN3/c1-9-8-11(15)4-5-12(9)14(16-3)13-6-7-17-10(2)18-13/h4-8,14,16H,1-3H3. The van der Waals surface area contributed by atoms with Gasteiger partial charge in [-0.2, -0.15) is 0 Å². The van der Waals surface area contributed by atoms with Gasteiger partial charge in [0, 0.05) is 6.20 Å². The number of hydrogen-bond acceptors (Lipinski definition) is 3. The number of aromatic nitrogens is 2. The van der Waals surface area contributed by atoms with Gasteiger partial charge in [0.05, 0.1) is 11.7 Å². The molecule has 1 atom stereocenters. The van der Waals surface area contributed by atoms with Gasteiger partial charge >= 0.3 is 0 Å². The zero-order chi connectivity index (χ0) is 13.1. The molecule has 0 aliphatic carbocycles. The van der Waals surface area contributed by atoms with Crippen molar-refractivity contribution in [2.75, 3.05) is 7.05 Å². The summed E-state index contributed by atoms with van der Waals surface area (Å²) in [6.07, 6.45) is 1.74. The third-order valence-electron chi connectivity index (χ3n) is 2.92. The minimum Gasteiger partial charge on any atom is -0.308 e. The van der Waals surface area contributed by atoms with E-state index in [2.05, 4.69) is 15.3 Å². The molecule has 0 saturated heterocycles. The molecule has 1 N–H and O–H groups in total. The van der Waals surface area contributed by atoms with Crippen LogP contribution in [0.2, 0.25) is 0 Å². The second-order valence-electron chi connectivity index (χ2n) is 4.25. The lowest BCUT2D eigenvalue weighted by Gasteiger charge is -2.18. The van der Waals surface area contributed by atoms with Crippen LogP contribution in [-0.2, 0) is 0 Å². The molecule has 1 heterocycles. The number of benzene rings is 1. The smallest absolute Gasteiger partial charge is 0.125 e. The van der Waals surface area contributed by atoms with Crippen molar-refractivity contribution in [2.45, 2.75) is 19.9 Å². The van der Waals surface area contributed by atoms with Crippen molar-refractivity contribution in [2.24, 2.45) is 0 Å². The Kier molecular flexibility index (Phi) is 3.67. The summed E-state index contributed by atoms with van der Waals surface area (Å²) in [7, 11) is 1.87. The van der Waals surface area contributed by atoms with Crippen LogP contribution >= 0.6 is 0 Å². The van der Waals surface area contributed by atoms with Crippen LogP contribution in [0.15, 0.2) is 30.5 Å². The Labute approximate surface area is 106 Å². The largest absolute Gasteiger partial charge is 0.308 e. The Morgan fingerprint density at radius 1 is 1.22 bits per heavy atom. The molecular formula is C14H16FN3. The highest BCUT2D eigenvalue weighted by Crippen LogP contribution is 2.23. The van der Waals surface area contributed by atoms with Crippen molar-refractivity contribution < 1.29 is 4.39 Å². The first-order valence-electron chi connectivity index (χ1n) is 5.84. The number of nitrogens with one attached hydrogen (secondary N) is 1. The van der Waals surface area contributed by atoms with Crippen molar-refractivity contribution >= 4 is 0 Å². The first kappa shape index (κ1) is 12.6. The highest BCUT2D eigenvalue weighted by Gasteiger charge is 2.16. The molecule has 0 fully saturated rings. The minimum atomic E-state index is -0.218. The van der Waals surface area contributed by atoms with Crippen molar-refractivity contribution in [1.29, 1.82) is 0 Å². The third-order valence-corrected chi connectivity index (χ3v) is 2.92. The summed E-state index contributed by atoms with van der Waals surface area (Å²) >= 11 is 0. The first-order valence-corrected chi connectivity index (χ1v) is 5.84. The SMILES string of the molecule is CNC(c1ccnc(C)n1)c1ccc(F)cc1C. The lowest BCUT2D eigenvalue weighted by atomic mass is 9.98.